The summed E-state index contributed by atoms with van der Waals surface area (Å²) in [6, 6.07) is 13.0. The van der Waals surface area contributed by atoms with Crippen LogP contribution >= 0.6 is 31.9 Å². The minimum Gasteiger partial charge on any atom is -0.369 e. The molecule has 0 fully saturated rings. The second kappa shape index (κ2) is 13.2. The van der Waals surface area contributed by atoms with E-state index >= 15 is 0 Å². The molecule has 0 spiro atoms. The number of ketones is 2. The minimum absolute atomic E-state index is 0.0199. The normalized spacial score (nSPS) is 16.6. The molecule has 2 aromatic carbocycles. The molecule has 1 unspecified atom stereocenters. The van der Waals surface area contributed by atoms with Gasteiger partial charge in [-0.25, -0.2) is 4.99 Å². The standard InChI is InChI=1S/C15H13BrF3N5O.C13H8BrF3N2O2/c1-23-12(25)15(22-13(23)20,9-3-2-4-11(16)5-9)10-6-21-24(7-10)8-14(17,18)19;14-10-3-1-2-8(4-10)11(20)12(21)9-5-18-19(6-9)7-13(15,16)17/h2-7H,8H2,1H3,(H2,20,22);1-6H,7H2. The predicted octanol–water partition coefficient (Wildman–Crippen LogP) is 5.51. The smallest absolute Gasteiger partial charge is 0.369 e. The molecule has 1 aliphatic heterocycles. The molecule has 4 aromatic rings. The first-order valence-corrected chi connectivity index (χ1v) is 14.4. The highest BCUT2D eigenvalue weighted by Gasteiger charge is 2.50. The zero-order chi connectivity index (χ0) is 34.0. The summed E-state index contributed by atoms with van der Waals surface area (Å²) in [6.07, 6.45) is -4.63. The number of aromatic nitrogens is 4. The predicted molar refractivity (Wildman–Crippen MR) is 159 cm³/mol. The van der Waals surface area contributed by atoms with Crippen molar-refractivity contribution < 1.29 is 40.7 Å². The molecule has 0 bridgehead atoms. The van der Waals surface area contributed by atoms with Gasteiger partial charge >= 0.3 is 12.4 Å². The Labute approximate surface area is 273 Å². The lowest BCUT2D eigenvalue weighted by Crippen LogP contribution is -2.41. The number of nitrogens with two attached hydrogens (primary N) is 1. The summed E-state index contributed by atoms with van der Waals surface area (Å²) in [6.45, 7) is -2.57. The van der Waals surface area contributed by atoms with Crippen molar-refractivity contribution in [2.75, 3.05) is 7.05 Å². The first-order chi connectivity index (χ1) is 21.4. The van der Waals surface area contributed by atoms with Crippen molar-refractivity contribution in [1.29, 1.82) is 0 Å². The van der Waals surface area contributed by atoms with Crippen molar-refractivity contribution in [2.45, 2.75) is 31.0 Å². The number of guanidine groups is 1. The van der Waals surface area contributed by atoms with E-state index in [1.54, 1.807) is 36.4 Å². The number of nitrogens with zero attached hydrogens (tertiary/aromatic N) is 6. The summed E-state index contributed by atoms with van der Waals surface area (Å²) >= 11 is 6.49. The van der Waals surface area contributed by atoms with Crippen molar-refractivity contribution in [1.82, 2.24) is 24.5 Å². The molecule has 18 heteroatoms. The maximum atomic E-state index is 12.9. The van der Waals surface area contributed by atoms with Crippen LogP contribution in [0.4, 0.5) is 26.3 Å². The number of rotatable bonds is 7. The topological polar surface area (TPSA) is 128 Å². The average molecular weight is 777 g/mol. The lowest BCUT2D eigenvalue weighted by atomic mass is 9.84. The number of halogens is 8. The number of Topliss-reactive ketones (excluding diaryl/α,β-unsaturated/α-hetero) is 2. The van der Waals surface area contributed by atoms with Crippen molar-refractivity contribution in [3.63, 3.8) is 0 Å². The molecule has 1 atom stereocenters. The molecule has 0 radical (unpaired) electrons. The van der Waals surface area contributed by atoms with Gasteiger partial charge in [0.25, 0.3) is 5.91 Å². The van der Waals surface area contributed by atoms with Crippen LogP contribution in [0, 0.1) is 0 Å². The Hall–Kier alpha value is -4.32. The number of benzene rings is 2. The van der Waals surface area contributed by atoms with Crippen LogP contribution in [0.2, 0.25) is 0 Å². The van der Waals surface area contributed by atoms with Gasteiger partial charge in [-0.3, -0.25) is 28.6 Å². The van der Waals surface area contributed by atoms with Crippen LogP contribution in [0.1, 0.15) is 31.8 Å². The van der Waals surface area contributed by atoms with E-state index in [2.05, 4.69) is 47.0 Å². The number of carbonyl (C=O) groups is 3. The zero-order valence-electron chi connectivity index (χ0n) is 23.4. The van der Waals surface area contributed by atoms with E-state index in [1.165, 1.54) is 36.5 Å². The minimum atomic E-state index is -4.44. The molecule has 1 amide bonds. The third-order valence-electron chi connectivity index (χ3n) is 6.40. The van der Waals surface area contributed by atoms with Gasteiger partial charge in [-0.1, -0.05) is 56.1 Å². The van der Waals surface area contributed by atoms with Crippen molar-refractivity contribution in [3.05, 3.63) is 105 Å². The van der Waals surface area contributed by atoms with E-state index in [0.717, 1.165) is 17.1 Å². The Morgan fingerprint density at radius 3 is 1.89 bits per heavy atom. The SMILES string of the molecule is CN1C(=O)C(c2cccc(Br)c2)(c2cnn(CC(F)(F)F)c2)N=C1N.O=C(C(=O)c1cnn(CC(F)(F)F)c1)c1cccc(Br)c1. The molecule has 242 valence electrons. The van der Waals surface area contributed by atoms with Gasteiger partial charge in [-0.05, 0) is 29.8 Å². The summed E-state index contributed by atoms with van der Waals surface area (Å²) < 4.78 is 77.1. The van der Waals surface area contributed by atoms with Crippen molar-refractivity contribution in [2.24, 2.45) is 10.7 Å². The fourth-order valence-corrected chi connectivity index (χ4v) is 5.16. The van der Waals surface area contributed by atoms with Crippen LogP contribution in [0.3, 0.4) is 0 Å². The van der Waals surface area contributed by atoms with Gasteiger partial charge in [-0.15, -0.1) is 0 Å². The molecule has 46 heavy (non-hydrogen) atoms. The number of amides is 1. The van der Waals surface area contributed by atoms with Gasteiger partial charge in [-0.2, -0.15) is 36.5 Å². The molecule has 3 heterocycles. The molecule has 0 saturated heterocycles. The summed E-state index contributed by atoms with van der Waals surface area (Å²) in [5, 5.41) is 7.16. The summed E-state index contributed by atoms with van der Waals surface area (Å²) in [5.74, 6) is -2.19. The van der Waals surface area contributed by atoms with Crippen LogP contribution in [-0.4, -0.2) is 67.3 Å². The Balaban J connectivity index is 0.000000212. The third kappa shape index (κ3) is 7.90. The lowest BCUT2D eigenvalue weighted by Gasteiger charge is -2.24. The van der Waals surface area contributed by atoms with Crippen molar-refractivity contribution >= 4 is 55.3 Å². The monoisotopic (exact) mass is 775 g/mol. The van der Waals surface area contributed by atoms with Gasteiger partial charge in [0.1, 0.15) is 13.1 Å². The molecule has 0 saturated carbocycles. The summed E-state index contributed by atoms with van der Waals surface area (Å²) in [5.41, 5.74) is 4.91. The second-order valence-corrected chi connectivity index (χ2v) is 11.6. The van der Waals surface area contributed by atoms with Crippen LogP contribution < -0.4 is 5.73 Å². The number of carbonyl (C=O) groups excluding carboxylic acids is 3. The van der Waals surface area contributed by atoms with Gasteiger partial charge < -0.3 is 5.73 Å². The Kier molecular flexibility index (Phi) is 9.91. The maximum Gasteiger partial charge on any atom is 0.408 e. The van der Waals surface area contributed by atoms with Crippen LogP contribution in [0.25, 0.3) is 0 Å². The molecular weight excluding hydrogens is 756 g/mol. The molecule has 2 aromatic heterocycles. The Bertz CT molecular complexity index is 1820. The number of hydrogen-bond donors (Lipinski definition) is 1. The molecule has 1 aliphatic rings. The number of hydrogen-bond acceptors (Lipinski definition) is 7. The Morgan fingerprint density at radius 2 is 1.35 bits per heavy atom. The fraction of sp³-hybridized carbons (Fsp3) is 0.214. The van der Waals surface area contributed by atoms with E-state index < -0.39 is 48.5 Å². The quantitative estimate of drug-likeness (QED) is 0.150. The van der Waals surface area contributed by atoms with Gasteiger partial charge in [0.15, 0.2) is 11.5 Å². The fourth-order valence-electron chi connectivity index (χ4n) is 4.36. The molecule has 0 aliphatic carbocycles. The number of alkyl halides is 6. The van der Waals surface area contributed by atoms with E-state index in [-0.39, 0.29) is 22.6 Å². The van der Waals surface area contributed by atoms with Crippen molar-refractivity contribution in [3.8, 4) is 0 Å². The number of likely N-dealkylation sites (N-methyl/N-ethyl adjacent to an activating group) is 1. The third-order valence-corrected chi connectivity index (χ3v) is 7.39. The maximum absolute atomic E-state index is 12.9. The summed E-state index contributed by atoms with van der Waals surface area (Å²) in [4.78, 5) is 42.3. The van der Waals surface area contributed by atoms with Crippen LogP contribution in [0.15, 0.2) is 87.3 Å². The highest BCUT2D eigenvalue weighted by molar-refractivity contribution is 9.10. The zero-order valence-corrected chi connectivity index (χ0v) is 26.5. The molecule has 5 rings (SSSR count). The second-order valence-electron chi connectivity index (χ2n) is 9.81. The Morgan fingerprint density at radius 1 is 0.804 bits per heavy atom. The largest absolute Gasteiger partial charge is 0.408 e. The number of aliphatic imine (C=N–C) groups is 1. The first kappa shape index (κ1) is 34.6. The van der Waals surface area contributed by atoms with Gasteiger partial charge in [0, 0.05) is 39.5 Å². The van der Waals surface area contributed by atoms with E-state index in [1.807, 2.05) is 0 Å². The highest BCUT2D eigenvalue weighted by Crippen LogP contribution is 2.40. The van der Waals surface area contributed by atoms with Gasteiger partial charge in [0.05, 0.1) is 18.0 Å². The lowest BCUT2D eigenvalue weighted by molar-refractivity contribution is -0.143. The average Bonchev–Trinajstić information content (AvgIpc) is 3.67. The first-order valence-electron chi connectivity index (χ1n) is 12.8. The van der Waals surface area contributed by atoms with E-state index in [9.17, 15) is 40.7 Å². The van der Waals surface area contributed by atoms with Gasteiger partial charge in [0.2, 0.25) is 11.6 Å². The van der Waals surface area contributed by atoms with E-state index in [4.69, 9.17) is 5.73 Å². The molecule has 2 N–H and O–H groups in total. The molecule has 10 nitrogen and oxygen atoms in total. The van der Waals surface area contributed by atoms with E-state index in [0.29, 0.717) is 19.2 Å². The van der Waals surface area contributed by atoms with Crippen LogP contribution in [0.5, 0.6) is 0 Å². The molecular formula is C28H21Br2F6N7O3. The highest BCUT2D eigenvalue weighted by atomic mass is 79.9. The van der Waals surface area contributed by atoms with Crippen LogP contribution in [-0.2, 0) is 23.4 Å². The summed E-state index contributed by atoms with van der Waals surface area (Å²) in [7, 11) is 1.46.